The van der Waals surface area contributed by atoms with E-state index in [0.717, 1.165) is 42.5 Å². The second-order valence-corrected chi connectivity index (χ2v) is 7.42. The molecular weight excluding hydrogens is 386 g/mol. The van der Waals surface area contributed by atoms with Gasteiger partial charge in [-0.2, -0.15) is 0 Å². The van der Waals surface area contributed by atoms with Crippen molar-refractivity contribution >= 4 is 11.7 Å². The maximum atomic E-state index is 13.3. The molecule has 7 heteroatoms. The molecule has 1 amide bonds. The Morgan fingerprint density at radius 3 is 2.50 bits per heavy atom. The smallest absolute Gasteiger partial charge is 0.225 e. The monoisotopic (exact) mass is 408 g/mol. The molecule has 1 unspecified atom stereocenters. The number of nitrogens with zero attached hydrogens (tertiary/aromatic N) is 3. The zero-order valence-corrected chi connectivity index (χ0v) is 16.4. The third-order valence-corrected chi connectivity index (χ3v) is 5.23. The van der Waals surface area contributed by atoms with Crippen molar-refractivity contribution in [3.05, 3.63) is 77.9 Å². The zero-order valence-electron chi connectivity index (χ0n) is 16.4. The first-order valence-corrected chi connectivity index (χ1v) is 9.95. The maximum Gasteiger partial charge on any atom is 0.225 e. The molecule has 1 aliphatic heterocycles. The Balaban J connectivity index is 1.37. The number of carbonyl (C=O) groups excluding carboxylic acids is 1. The highest BCUT2D eigenvalue weighted by molar-refractivity contribution is 5.79. The molecule has 2 aromatic carbocycles. The van der Waals surface area contributed by atoms with Crippen molar-refractivity contribution in [2.24, 2.45) is 5.92 Å². The Kier molecular flexibility index (Phi) is 5.97. The first-order valence-electron chi connectivity index (χ1n) is 9.95. The summed E-state index contributed by atoms with van der Waals surface area (Å²) < 4.78 is 26.6. The molecule has 1 saturated heterocycles. The molecule has 3 aromatic rings. The number of piperidine rings is 1. The summed E-state index contributed by atoms with van der Waals surface area (Å²) in [5.41, 5.74) is 2.20. The number of amides is 1. The van der Waals surface area contributed by atoms with Crippen LogP contribution in [0, 0.1) is 17.6 Å². The molecule has 1 aliphatic rings. The van der Waals surface area contributed by atoms with Crippen LogP contribution in [0.2, 0.25) is 0 Å². The van der Waals surface area contributed by atoms with E-state index in [9.17, 15) is 13.6 Å². The van der Waals surface area contributed by atoms with Crippen LogP contribution in [0.4, 0.5) is 14.6 Å². The SMILES string of the molecule is O=C(NCc1cc(F)cc(F)c1)C1CCCN(c2ccc(-c3ccccc3)nn2)C1. The third kappa shape index (κ3) is 4.79. The van der Waals surface area contributed by atoms with Gasteiger partial charge in [0.2, 0.25) is 5.91 Å². The molecule has 1 fully saturated rings. The van der Waals surface area contributed by atoms with Gasteiger partial charge in [-0.3, -0.25) is 4.79 Å². The van der Waals surface area contributed by atoms with Crippen molar-refractivity contribution in [2.45, 2.75) is 19.4 Å². The fraction of sp³-hybridized carbons (Fsp3) is 0.261. The van der Waals surface area contributed by atoms with Gasteiger partial charge in [-0.25, -0.2) is 8.78 Å². The number of anilines is 1. The highest BCUT2D eigenvalue weighted by Crippen LogP contribution is 2.23. The second kappa shape index (κ2) is 8.98. The number of carbonyl (C=O) groups is 1. The summed E-state index contributed by atoms with van der Waals surface area (Å²) in [6.45, 7) is 1.43. The maximum absolute atomic E-state index is 13.3. The molecule has 5 nitrogen and oxygen atoms in total. The Hall–Kier alpha value is -3.35. The molecule has 2 heterocycles. The predicted molar refractivity (Wildman–Crippen MR) is 111 cm³/mol. The topological polar surface area (TPSA) is 58.1 Å². The molecule has 1 atom stereocenters. The molecule has 0 saturated carbocycles. The van der Waals surface area contributed by atoms with Crippen LogP contribution in [0.25, 0.3) is 11.3 Å². The van der Waals surface area contributed by atoms with Gasteiger partial charge in [-0.05, 0) is 42.7 Å². The lowest BCUT2D eigenvalue weighted by atomic mass is 9.97. The molecular formula is C23H22F2N4O. The minimum Gasteiger partial charge on any atom is -0.354 e. The van der Waals surface area contributed by atoms with Gasteiger partial charge >= 0.3 is 0 Å². The number of nitrogens with one attached hydrogen (secondary N) is 1. The summed E-state index contributed by atoms with van der Waals surface area (Å²) in [5.74, 6) is -0.911. The summed E-state index contributed by atoms with van der Waals surface area (Å²) in [5, 5.41) is 11.5. The number of rotatable bonds is 5. The lowest BCUT2D eigenvalue weighted by Gasteiger charge is -2.32. The molecule has 30 heavy (non-hydrogen) atoms. The first-order chi connectivity index (χ1) is 14.6. The lowest BCUT2D eigenvalue weighted by molar-refractivity contribution is -0.125. The molecule has 0 spiro atoms. The summed E-state index contributed by atoms with van der Waals surface area (Å²) >= 11 is 0. The van der Waals surface area contributed by atoms with E-state index < -0.39 is 11.6 Å². The van der Waals surface area contributed by atoms with Crippen LogP contribution in [0.5, 0.6) is 0 Å². The minimum absolute atomic E-state index is 0.0928. The molecule has 4 rings (SSSR count). The Labute approximate surface area is 173 Å². The van der Waals surface area contributed by atoms with Crippen LogP contribution in [0.3, 0.4) is 0 Å². The van der Waals surface area contributed by atoms with Gasteiger partial charge in [-0.15, -0.1) is 10.2 Å². The average molecular weight is 408 g/mol. The van der Waals surface area contributed by atoms with Gasteiger partial charge in [-0.1, -0.05) is 30.3 Å². The van der Waals surface area contributed by atoms with Crippen molar-refractivity contribution in [3.63, 3.8) is 0 Å². The van der Waals surface area contributed by atoms with E-state index in [2.05, 4.69) is 20.4 Å². The summed E-state index contributed by atoms with van der Waals surface area (Å²) in [7, 11) is 0. The number of aromatic nitrogens is 2. The van der Waals surface area contributed by atoms with E-state index >= 15 is 0 Å². The van der Waals surface area contributed by atoms with Crippen LogP contribution >= 0.6 is 0 Å². The van der Waals surface area contributed by atoms with Crippen LogP contribution < -0.4 is 10.2 Å². The van der Waals surface area contributed by atoms with Gasteiger partial charge < -0.3 is 10.2 Å². The van der Waals surface area contributed by atoms with E-state index in [0.29, 0.717) is 12.1 Å². The second-order valence-electron chi connectivity index (χ2n) is 7.42. The van der Waals surface area contributed by atoms with Crippen molar-refractivity contribution in [2.75, 3.05) is 18.0 Å². The molecule has 1 N–H and O–H groups in total. The highest BCUT2D eigenvalue weighted by atomic mass is 19.1. The Morgan fingerprint density at radius 2 is 1.80 bits per heavy atom. The van der Waals surface area contributed by atoms with Gasteiger partial charge in [0, 0.05) is 31.3 Å². The van der Waals surface area contributed by atoms with Crippen LogP contribution in [-0.2, 0) is 11.3 Å². The standard InChI is InChI=1S/C23H22F2N4O/c24-19-11-16(12-20(25)13-19)14-26-23(30)18-7-4-10-29(15-18)22-9-8-21(27-28-22)17-5-2-1-3-6-17/h1-3,5-6,8-9,11-13,18H,4,7,10,14-15H2,(H,26,30). The van der Waals surface area contributed by atoms with E-state index in [-0.39, 0.29) is 18.4 Å². The van der Waals surface area contributed by atoms with Crippen LogP contribution in [0.1, 0.15) is 18.4 Å². The van der Waals surface area contributed by atoms with E-state index in [4.69, 9.17) is 0 Å². The van der Waals surface area contributed by atoms with Crippen molar-refractivity contribution < 1.29 is 13.6 Å². The van der Waals surface area contributed by atoms with Crippen LogP contribution in [0.15, 0.2) is 60.7 Å². The molecule has 154 valence electrons. The largest absolute Gasteiger partial charge is 0.354 e. The Morgan fingerprint density at radius 1 is 1.03 bits per heavy atom. The number of benzene rings is 2. The molecule has 0 radical (unpaired) electrons. The molecule has 0 aliphatic carbocycles. The van der Waals surface area contributed by atoms with Gasteiger partial charge in [0.15, 0.2) is 5.82 Å². The normalized spacial score (nSPS) is 16.3. The van der Waals surface area contributed by atoms with Gasteiger partial charge in [0.1, 0.15) is 11.6 Å². The van der Waals surface area contributed by atoms with E-state index in [1.807, 2.05) is 42.5 Å². The summed E-state index contributed by atoms with van der Waals surface area (Å²) in [6.07, 6.45) is 1.62. The number of hydrogen-bond acceptors (Lipinski definition) is 4. The Bertz CT molecular complexity index is 991. The van der Waals surface area contributed by atoms with Crippen molar-refractivity contribution in [1.82, 2.24) is 15.5 Å². The van der Waals surface area contributed by atoms with Gasteiger partial charge in [0.25, 0.3) is 0 Å². The third-order valence-electron chi connectivity index (χ3n) is 5.23. The van der Waals surface area contributed by atoms with Crippen LogP contribution in [-0.4, -0.2) is 29.2 Å². The lowest BCUT2D eigenvalue weighted by Crippen LogP contribution is -2.43. The fourth-order valence-electron chi connectivity index (χ4n) is 3.70. The highest BCUT2D eigenvalue weighted by Gasteiger charge is 2.26. The van der Waals surface area contributed by atoms with Crippen molar-refractivity contribution in [3.8, 4) is 11.3 Å². The average Bonchev–Trinajstić information content (AvgIpc) is 2.78. The minimum atomic E-state index is -0.652. The van der Waals surface area contributed by atoms with E-state index in [1.54, 1.807) is 0 Å². The number of halogens is 2. The summed E-state index contributed by atoms with van der Waals surface area (Å²) in [4.78, 5) is 14.6. The van der Waals surface area contributed by atoms with Gasteiger partial charge in [0.05, 0.1) is 11.6 Å². The quantitative estimate of drug-likeness (QED) is 0.695. The number of hydrogen-bond donors (Lipinski definition) is 1. The fourth-order valence-corrected chi connectivity index (χ4v) is 3.70. The van der Waals surface area contributed by atoms with E-state index in [1.165, 1.54) is 12.1 Å². The summed E-state index contributed by atoms with van der Waals surface area (Å²) in [6, 6.07) is 16.9. The predicted octanol–water partition coefficient (Wildman–Crippen LogP) is 3.95. The zero-order chi connectivity index (χ0) is 20.9. The van der Waals surface area contributed by atoms with Crippen molar-refractivity contribution in [1.29, 1.82) is 0 Å². The first kappa shape index (κ1) is 19.9. The molecule has 1 aromatic heterocycles. The molecule has 0 bridgehead atoms.